The van der Waals surface area contributed by atoms with Crippen LogP contribution < -0.4 is 4.74 Å². The Balaban J connectivity index is 2.21. The first-order valence-corrected chi connectivity index (χ1v) is 6.00. The minimum atomic E-state index is -0.149. The van der Waals surface area contributed by atoms with E-state index in [4.69, 9.17) is 4.74 Å². The fourth-order valence-corrected chi connectivity index (χ4v) is 2.21. The van der Waals surface area contributed by atoms with Gasteiger partial charge in [-0.15, -0.1) is 0 Å². The molecule has 1 saturated carbocycles. The predicted molar refractivity (Wildman–Crippen MR) is 64.3 cm³/mol. The van der Waals surface area contributed by atoms with E-state index in [0.717, 1.165) is 0 Å². The molecule has 1 unspecified atom stereocenters. The lowest BCUT2D eigenvalue weighted by molar-refractivity contribution is -0.117. The molecule has 0 saturated heterocycles. The van der Waals surface area contributed by atoms with E-state index in [1.807, 2.05) is 19.1 Å². The molecule has 0 spiro atoms. The molecule has 1 atom stereocenters. The molecule has 17 heavy (non-hydrogen) atoms. The molecule has 0 heterocycles. The number of Topliss-reactive ketones (excluding diaryl/α,β-unsaturated/α-hetero) is 2. The second kappa shape index (κ2) is 5.13. The number of hydrogen-bond acceptors (Lipinski definition) is 3. The highest BCUT2D eigenvalue weighted by molar-refractivity contribution is 6.03. The lowest BCUT2D eigenvalue weighted by Gasteiger charge is -2.12. The van der Waals surface area contributed by atoms with Crippen molar-refractivity contribution in [2.24, 2.45) is 5.92 Å². The summed E-state index contributed by atoms with van der Waals surface area (Å²) in [5.41, 5.74) is 0.606. The number of carbonyl (C=O) groups is 2. The summed E-state index contributed by atoms with van der Waals surface area (Å²) < 4.78 is 5.44. The van der Waals surface area contributed by atoms with Gasteiger partial charge in [0.05, 0.1) is 12.2 Å². The Labute approximate surface area is 101 Å². The zero-order valence-corrected chi connectivity index (χ0v) is 9.94. The molecule has 90 valence electrons. The molecule has 3 nitrogen and oxygen atoms in total. The van der Waals surface area contributed by atoms with Gasteiger partial charge in [-0.1, -0.05) is 12.1 Å². The first-order valence-electron chi connectivity index (χ1n) is 6.00. The Morgan fingerprint density at radius 3 is 2.82 bits per heavy atom. The van der Waals surface area contributed by atoms with Crippen LogP contribution in [-0.4, -0.2) is 18.2 Å². The van der Waals surface area contributed by atoms with Gasteiger partial charge in [0, 0.05) is 18.8 Å². The summed E-state index contributed by atoms with van der Waals surface area (Å²) in [6.07, 6.45) is 1.60. The van der Waals surface area contributed by atoms with Gasteiger partial charge in [-0.3, -0.25) is 9.59 Å². The second-order valence-electron chi connectivity index (χ2n) is 4.27. The van der Waals surface area contributed by atoms with Gasteiger partial charge < -0.3 is 4.74 Å². The maximum absolute atomic E-state index is 12.3. The molecule has 0 radical (unpaired) electrons. The van der Waals surface area contributed by atoms with E-state index >= 15 is 0 Å². The zero-order chi connectivity index (χ0) is 12.3. The number of carbonyl (C=O) groups excluding carboxylic acids is 2. The lowest BCUT2D eigenvalue weighted by atomic mass is 9.95. The maximum atomic E-state index is 12.3. The molecule has 1 fully saturated rings. The number of benzene rings is 1. The van der Waals surface area contributed by atoms with Crippen LogP contribution in [0.5, 0.6) is 5.75 Å². The summed E-state index contributed by atoms with van der Waals surface area (Å²) in [6.45, 7) is 2.42. The van der Waals surface area contributed by atoms with Crippen molar-refractivity contribution in [3.8, 4) is 5.75 Å². The summed E-state index contributed by atoms with van der Waals surface area (Å²) in [6, 6.07) is 7.25. The van der Waals surface area contributed by atoms with Crippen LogP contribution in [0, 0.1) is 5.92 Å². The van der Waals surface area contributed by atoms with Crippen molar-refractivity contribution in [2.45, 2.75) is 26.2 Å². The first-order chi connectivity index (χ1) is 8.22. The molecule has 0 N–H and O–H groups in total. The van der Waals surface area contributed by atoms with Crippen molar-refractivity contribution in [1.82, 2.24) is 0 Å². The van der Waals surface area contributed by atoms with Gasteiger partial charge in [0.1, 0.15) is 11.5 Å². The van der Waals surface area contributed by atoms with Crippen LogP contribution in [0.4, 0.5) is 0 Å². The standard InChI is InChI=1S/C14H16O3/c1-2-17-13-6-4-3-5-12(13)14(16)10-7-8-11(15)9-10/h3-6,10H,2,7-9H2,1H3. The van der Waals surface area contributed by atoms with Crippen molar-refractivity contribution < 1.29 is 14.3 Å². The van der Waals surface area contributed by atoms with Gasteiger partial charge >= 0.3 is 0 Å². The smallest absolute Gasteiger partial charge is 0.170 e. The normalized spacial score (nSPS) is 19.4. The van der Waals surface area contributed by atoms with Gasteiger partial charge in [0.25, 0.3) is 0 Å². The second-order valence-corrected chi connectivity index (χ2v) is 4.27. The Bertz CT molecular complexity index is 437. The Morgan fingerprint density at radius 2 is 2.18 bits per heavy atom. The SMILES string of the molecule is CCOc1ccccc1C(=O)C1CCC(=O)C1. The van der Waals surface area contributed by atoms with Crippen LogP contribution in [0.15, 0.2) is 24.3 Å². The minimum Gasteiger partial charge on any atom is -0.493 e. The van der Waals surface area contributed by atoms with Crippen LogP contribution in [0.1, 0.15) is 36.5 Å². The fourth-order valence-electron chi connectivity index (χ4n) is 2.21. The van der Waals surface area contributed by atoms with Crippen molar-refractivity contribution in [1.29, 1.82) is 0 Å². The van der Waals surface area contributed by atoms with E-state index in [9.17, 15) is 9.59 Å². The van der Waals surface area contributed by atoms with Gasteiger partial charge in [-0.2, -0.15) is 0 Å². The first kappa shape index (κ1) is 11.8. The highest BCUT2D eigenvalue weighted by atomic mass is 16.5. The summed E-state index contributed by atoms with van der Waals surface area (Å²) in [7, 11) is 0. The maximum Gasteiger partial charge on any atom is 0.170 e. The van der Waals surface area contributed by atoms with Gasteiger partial charge in [0.15, 0.2) is 5.78 Å². The number of rotatable bonds is 4. The van der Waals surface area contributed by atoms with Gasteiger partial charge in [0.2, 0.25) is 0 Å². The monoisotopic (exact) mass is 232 g/mol. The molecule has 0 bridgehead atoms. The van der Waals surface area contributed by atoms with Crippen molar-refractivity contribution in [2.75, 3.05) is 6.61 Å². The fraction of sp³-hybridized carbons (Fsp3) is 0.429. The molecular weight excluding hydrogens is 216 g/mol. The molecule has 1 aromatic rings. The third-order valence-electron chi connectivity index (χ3n) is 3.07. The molecule has 1 aliphatic carbocycles. The van der Waals surface area contributed by atoms with E-state index in [-0.39, 0.29) is 17.5 Å². The topological polar surface area (TPSA) is 43.4 Å². The van der Waals surface area contributed by atoms with E-state index in [1.165, 1.54) is 0 Å². The molecule has 0 aromatic heterocycles. The van der Waals surface area contributed by atoms with Crippen molar-refractivity contribution in [3.05, 3.63) is 29.8 Å². The van der Waals surface area contributed by atoms with E-state index in [0.29, 0.717) is 37.2 Å². The predicted octanol–water partition coefficient (Wildman–Crippen LogP) is 2.64. The quantitative estimate of drug-likeness (QED) is 0.749. The summed E-state index contributed by atoms with van der Waals surface area (Å²) >= 11 is 0. The van der Waals surface area contributed by atoms with Crippen LogP contribution in [0.25, 0.3) is 0 Å². The number of para-hydroxylation sites is 1. The molecule has 2 rings (SSSR count). The van der Waals surface area contributed by atoms with E-state index < -0.39 is 0 Å². The third kappa shape index (κ3) is 2.54. The molecule has 1 aromatic carbocycles. The van der Waals surface area contributed by atoms with Gasteiger partial charge in [-0.05, 0) is 25.5 Å². The lowest BCUT2D eigenvalue weighted by Crippen LogP contribution is -2.13. The van der Waals surface area contributed by atoms with E-state index in [1.54, 1.807) is 12.1 Å². The Morgan fingerprint density at radius 1 is 1.41 bits per heavy atom. The number of ether oxygens (including phenoxy) is 1. The number of ketones is 2. The Hall–Kier alpha value is -1.64. The van der Waals surface area contributed by atoms with E-state index in [2.05, 4.69) is 0 Å². The van der Waals surface area contributed by atoms with Crippen molar-refractivity contribution >= 4 is 11.6 Å². The van der Waals surface area contributed by atoms with Crippen LogP contribution in [0.2, 0.25) is 0 Å². The largest absolute Gasteiger partial charge is 0.493 e. The highest BCUT2D eigenvalue weighted by Crippen LogP contribution is 2.29. The molecule has 0 aliphatic heterocycles. The van der Waals surface area contributed by atoms with Crippen molar-refractivity contribution in [3.63, 3.8) is 0 Å². The summed E-state index contributed by atoms with van der Waals surface area (Å²) in [5.74, 6) is 0.709. The highest BCUT2D eigenvalue weighted by Gasteiger charge is 2.30. The average Bonchev–Trinajstić information content (AvgIpc) is 2.76. The summed E-state index contributed by atoms with van der Waals surface area (Å²) in [4.78, 5) is 23.5. The van der Waals surface area contributed by atoms with Crippen LogP contribution in [0.3, 0.4) is 0 Å². The average molecular weight is 232 g/mol. The molecule has 0 amide bonds. The summed E-state index contributed by atoms with van der Waals surface area (Å²) in [5, 5.41) is 0. The third-order valence-corrected chi connectivity index (χ3v) is 3.07. The number of hydrogen-bond donors (Lipinski definition) is 0. The molecule has 3 heteroatoms. The van der Waals surface area contributed by atoms with Crippen LogP contribution >= 0.6 is 0 Å². The molecular formula is C14H16O3. The zero-order valence-electron chi connectivity index (χ0n) is 9.94. The van der Waals surface area contributed by atoms with Crippen LogP contribution in [-0.2, 0) is 4.79 Å². The molecule has 1 aliphatic rings. The van der Waals surface area contributed by atoms with Gasteiger partial charge in [-0.25, -0.2) is 0 Å². The Kier molecular flexibility index (Phi) is 3.57. The minimum absolute atomic E-state index is 0.0416.